The fraction of sp³-hybridized carbons (Fsp3) is 0.130. The second-order valence-corrected chi connectivity index (χ2v) is 6.61. The Kier molecular flexibility index (Phi) is 5.71. The molecule has 0 bridgehead atoms. The second kappa shape index (κ2) is 8.36. The Morgan fingerprint density at radius 1 is 1.14 bits per heavy atom. The van der Waals surface area contributed by atoms with Crippen molar-refractivity contribution in [2.45, 2.75) is 19.8 Å². The molecular weight excluding hydrogens is 355 g/mol. The molecule has 1 N–H and O–H groups in total. The van der Waals surface area contributed by atoms with E-state index in [0.29, 0.717) is 28.7 Å². The van der Waals surface area contributed by atoms with Crippen molar-refractivity contribution >= 4 is 17.7 Å². The number of carbonyl (C=O) groups is 1. The van der Waals surface area contributed by atoms with Crippen molar-refractivity contribution in [2.24, 2.45) is 0 Å². The van der Waals surface area contributed by atoms with Crippen LogP contribution in [0.4, 0.5) is 10.1 Å². The van der Waals surface area contributed by atoms with E-state index < -0.39 is 5.91 Å². The van der Waals surface area contributed by atoms with Crippen molar-refractivity contribution in [1.29, 1.82) is 5.26 Å². The number of nitrogens with zero attached hydrogens (tertiary/aromatic N) is 1. The zero-order chi connectivity index (χ0) is 20.1. The van der Waals surface area contributed by atoms with Gasteiger partial charge in [-0.1, -0.05) is 38.1 Å². The van der Waals surface area contributed by atoms with E-state index in [4.69, 9.17) is 4.42 Å². The molecule has 3 aromatic rings. The van der Waals surface area contributed by atoms with Crippen LogP contribution in [0.25, 0.3) is 17.4 Å². The minimum absolute atomic E-state index is 0.0897. The first-order valence-electron chi connectivity index (χ1n) is 8.85. The van der Waals surface area contributed by atoms with Gasteiger partial charge in [-0.2, -0.15) is 5.26 Å². The normalized spacial score (nSPS) is 11.3. The molecule has 0 unspecified atom stereocenters. The van der Waals surface area contributed by atoms with Crippen LogP contribution in [-0.2, 0) is 4.79 Å². The molecule has 2 aromatic carbocycles. The molecule has 5 heteroatoms. The summed E-state index contributed by atoms with van der Waals surface area (Å²) >= 11 is 0. The SMILES string of the molecule is CC(C)c1ccc(NC(=O)/C(C#N)=C/c2ccc(-c3cccc(F)c3)o2)cc1. The van der Waals surface area contributed by atoms with Crippen molar-refractivity contribution in [3.05, 3.63) is 83.4 Å². The maximum Gasteiger partial charge on any atom is 0.266 e. The molecule has 0 saturated carbocycles. The first-order chi connectivity index (χ1) is 13.5. The van der Waals surface area contributed by atoms with Gasteiger partial charge in [0.2, 0.25) is 0 Å². The molecule has 28 heavy (non-hydrogen) atoms. The molecular formula is C23H19FN2O2. The molecule has 140 valence electrons. The predicted octanol–water partition coefficient (Wildman–Crippen LogP) is 5.75. The topological polar surface area (TPSA) is 66.0 Å². The lowest BCUT2D eigenvalue weighted by molar-refractivity contribution is -0.112. The highest BCUT2D eigenvalue weighted by molar-refractivity contribution is 6.09. The zero-order valence-corrected chi connectivity index (χ0v) is 15.6. The van der Waals surface area contributed by atoms with Gasteiger partial charge in [0.1, 0.15) is 29.0 Å². The summed E-state index contributed by atoms with van der Waals surface area (Å²) in [6.07, 6.45) is 1.36. The van der Waals surface area contributed by atoms with Crippen LogP contribution in [0.3, 0.4) is 0 Å². The second-order valence-electron chi connectivity index (χ2n) is 6.61. The van der Waals surface area contributed by atoms with Gasteiger partial charge in [-0.3, -0.25) is 4.79 Å². The van der Waals surface area contributed by atoms with Crippen LogP contribution in [0.5, 0.6) is 0 Å². The van der Waals surface area contributed by atoms with Crippen LogP contribution in [0.1, 0.15) is 31.1 Å². The van der Waals surface area contributed by atoms with Gasteiger partial charge in [0, 0.05) is 17.3 Å². The molecule has 1 aromatic heterocycles. The fourth-order valence-electron chi connectivity index (χ4n) is 2.67. The van der Waals surface area contributed by atoms with E-state index in [1.165, 1.54) is 18.2 Å². The van der Waals surface area contributed by atoms with E-state index in [1.54, 1.807) is 36.4 Å². The van der Waals surface area contributed by atoms with E-state index in [9.17, 15) is 14.4 Å². The lowest BCUT2D eigenvalue weighted by atomic mass is 10.0. The Morgan fingerprint density at radius 3 is 2.54 bits per heavy atom. The van der Waals surface area contributed by atoms with Crippen LogP contribution in [0, 0.1) is 17.1 Å². The molecule has 0 aliphatic carbocycles. The van der Waals surface area contributed by atoms with Gasteiger partial charge < -0.3 is 9.73 Å². The molecule has 1 heterocycles. The highest BCUT2D eigenvalue weighted by atomic mass is 19.1. The maximum absolute atomic E-state index is 13.4. The standard InChI is InChI=1S/C23H19FN2O2/c1-15(2)16-6-8-20(9-7-16)26-23(27)18(14-25)13-21-10-11-22(28-21)17-4-3-5-19(24)12-17/h3-13,15H,1-2H3,(H,26,27)/b18-13+. The van der Waals surface area contributed by atoms with Crippen LogP contribution in [-0.4, -0.2) is 5.91 Å². The van der Waals surface area contributed by atoms with Gasteiger partial charge in [0.05, 0.1) is 0 Å². The Labute approximate surface area is 162 Å². The van der Waals surface area contributed by atoms with Crippen LogP contribution >= 0.6 is 0 Å². The lowest BCUT2D eigenvalue weighted by Crippen LogP contribution is -2.13. The summed E-state index contributed by atoms with van der Waals surface area (Å²) < 4.78 is 19.0. The minimum Gasteiger partial charge on any atom is -0.457 e. The van der Waals surface area contributed by atoms with Crippen molar-refractivity contribution in [3.63, 3.8) is 0 Å². The number of hydrogen-bond acceptors (Lipinski definition) is 3. The average Bonchev–Trinajstić information content (AvgIpc) is 3.15. The van der Waals surface area contributed by atoms with E-state index >= 15 is 0 Å². The molecule has 1 amide bonds. The van der Waals surface area contributed by atoms with Crippen LogP contribution in [0.15, 0.2) is 70.7 Å². The summed E-state index contributed by atoms with van der Waals surface area (Å²) in [7, 11) is 0. The average molecular weight is 374 g/mol. The number of benzene rings is 2. The van der Waals surface area contributed by atoms with Crippen LogP contribution < -0.4 is 5.32 Å². The molecule has 0 atom stereocenters. The number of hydrogen-bond donors (Lipinski definition) is 1. The number of amides is 1. The molecule has 4 nitrogen and oxygen atoms in total. The first-order valence-corrected chi connectivity index (χ1v) is 8.85. The third-order valence-electron chi connectivity index (χ3n) is 4.22. The summed E-state index contributed by atoms with van der Waals surface area (Å²) in [6, 6.07) is 18.7. The maximum atomic E-state index is 13.4. The summed E-state index contributed by atoms with van der Waals surface area (Å²) in [4.78, 5) is 12.4. The summed E-state index contributed by atoms with van der Waals surface area (Å²) in [5, 5.41) is 12.0. The molecule has 0 saturated heterocycles. The minimum atomic E-state index is -0.525. The number of carbonyl (C=O) groups excluding carboxylic acids is 1. The smallest absolute Gasteiger partial charge is 0.266 e. The zero-order valence-electron chi connectivity index (χ0n) is 15.6. The number of furan rings is 1. The summed E-state index contributed by atoms with van der Waals surface area (Å²) in [6.45, 7) is 4.18. The number of nitrogens with one attached hydrogen (secondary N) is 1. The van der Waals surface area contributed by atoms with Gasteiger partial charge in [0.25, 0.3) is 5.91 Å². The third-order valence-corrected chi connectivity index (χ3v) is 4.22. The molecule has 0 aliphatic heterocycles. The van der Waals surface area contributed by atoms with E-state index in [0.717, 1.165) is 5.56 Å². The molecule has 0 fully saturated rings. The third kappa shape index (κ3) is 4.54. The monoisotopic (exact) mass is 374 g/mol. The Morgan fingerprint density at radius 2 is 1.89 bits per heavy atom. The number of halogens is 1. The fourth-order valence-corrected chi connectivity index (χ4v) is 2.67. The van der Waals surface area contributed by atoms with Crippen molar-refractivity contribution in [2.75, 3.05) is 5.32 Å². The Balaban J connectivity index is 1.76. The molecule has 0 spiro atoms. The molecule has 3 rings (SSSR count). The first kappa shape index (κ1) is 19.1. The van der Waals surface area contributed by atoms with E-state index in [-0.39, 0.29) is 11.4 Å². The molecule has 0 aliphatic rings. The van der Waals surface area contributed by atoms with Crippen molar-refractivity contribution in [1.82, 2.24) is 0 Å². The highest BCUT2D eigenvalue weighted by Gasteiger charge is 2.12. The Hall–Kier alpha value is -3.65. The van der Waals surface area contributed by atoms with Gasteiger partial charge in [0.15, 0.2) is 0 Å². The van der Waals surface area contributed by atoms with Crippen molar-refractivity contribution in [3.8, 4) is 17.4 Å². The number of anilines is 1. The lowest BCUT2D eigenvalue weighted by Gasteiger charge is -2.08. The van der Waals surface area contributed by atoms with E-state index in [1.807, 2.05) is 18.2 Å². The Bertz CT molecular complexity index is 1060. The highest BCUT2D eigenvalue weighted by Crippen LogP contribution is 2.24. The van der Waals surface area contributed by atoms with Gasteiger partial charge in [-0.15, -0.1) is 0 Å². The predicted molar refractivity (Wildman–Crippen MR) is 107 cm³/mol. The van der Waals surface area contributed by atoms with Crippen molar-refractivity contribution < 1.29 is 13.6 Å². The largest absolute Gasteiger partial charge is 0.457 e. The van der Waals surface area contributed by atoms with Gasteiger partial charge >= 0.3 is 0 Å². The quantitative estimate of drug-likeness (QED) is 0.456. The van der Waals surface area contributed by atoms with E-state index in [2.05, 4.69) is 19.2 Å². The van der Waals surface area contributed by atoms with Crippen LogP contribution in [0.2, 0.25) is 0 Å². The number of rotatable bonds is 5. The summed E-state index contributed by atoms with van der Waals surface area (Å²) in [5.74, 6) is 0.287. The van der Waals surface area contributed by atoms with Gasteiger partial charge in [-0.05, 0) is 47.9 Å². The van der Waals surface area contributed by atoms with Gasteiger partial charge in [-0.25, -0.2) is 4.39 Å². The molecule has 0 radical (unpaired) electrons. The number of nitriles is 1. The summed E-state index contributed by atoms with van der Waals surface area (Å²) in [5.41, 5.74) is 2.26.